The molecule has 1 amide bonds. The third-order valence-corrected chi connectivity index (χ3v) is 3.06. The Balaban J connectivity index is 2.02. The normalized spacial score (nSPS) is 50.5. The fraction of sp³-hybridized carbons (Fsp3) is 0.500. The minimum Gasteiger partial charge on any atom is -0.349 e. The van der Waals surface area contributed by atoms with Crippen LogP contribution >= 0.6 is 0 Å². The van der Waals surface area contributed by atoms with Gasteiger partial charge >= 0.3 is 0 Å². The number of hydrogen-bond donors (Lipinski definition) is 1. The molecule has 2 unspecified atom stereocenters. The zero-order valence-electron chi connectivity index (χ0n) is 6.73. The molecule has 2 bridgehead atoms. The Kier molecular flexibility index (Phi) is 1.08. The third-order valence-electron chi connectivity index (χ3n) is 3.06. The van der Waals surface area contributed by atoms with Gasteiger partial charge in [-0.25, -0.2) is 0 Å². The topological polar surface area (TPSA) is 29.1 Å². The zero-order chi connectivity index (χ0) is 8.13. The molecular formula is C10H11NO. The zero-order valence-corrected chi connectivity index (χ0v) is 6.73. The maximum atomic E-state index is 11.4. The smallest absolute Gasteiger partial charge is 0.231 e. The molecule has 0 radical (unpaired) electrons. The maximum Gasteiger partial charge on any atom is 0.231 e. The van der Waals surface area contributed by atoms with Crippen molar-refractivity contribution in [2.45, 2.75) is 12.5 Å². The van der Waals surface area contributed by atoms with Gasteiger partial charge in [-0.05, 0) is 18.3 Å². The predicted octanol–water partition coefficient (Wildman–Crippen LogP) is 0.863. The van der Waals surface area contributed by atoms with E-state index in [0.29, 0.717) is 12.0 Å². The monoisotopic (exact) mass is 161 g/mol. The maximum absolute atomic E-state index is 11.4. The summed E-state index contributed by atoms with van der Waals surface area (Å²) in [5.41, 5.74) is 0. The Bertz CT molecular complexity index is 292. The molecular weight excluding hydrogens is 150 g/mol. The largest absolute Gasteiger partial charge is 0.349 e. The molecule has 1 saturated carbocycles. The highest BCUT2D eigenvalue weighted by Crippen LogP contribution is 2.45. The van der Waals surface area contributed by atoms with Crippen LogP contribution in [0.25, 0.3) is 0 Å². The lowest BCUT2D eigenvalue weighted by molar-refractivity contribution is -0.123. The highest BCUT2D eigenvalue weighted by Gasteiger charge is 2.43. The van der Waals surface area contributed by atoms with Crippen molar-refractivity contribution in [1.82, 2.24) is 5.32 Å². The molecule has 2 heterocycles. The fourth-order valence-electron chi connectivity index (χ4n) is 2.17. The summed E-state index contributed by atoms with van der Waals surface area (Å²) in [5, 5.41) is 3.03. The van der Waals surface area contributed by atoms with E-state index in [4.69, 9.17) is 0 Å². The van der Waals surface area contributed by atoms with Crippen LogP contribution in [0.4, 0.5) is 0 Å². The Morgan fingerprint density at radius 3 is 2.92 bits per heavy atom. The average molecular weight is 161 g/mol. The molecule has 1 fully saturated rings. The van der Waals surface area contributed by atoms with Crippen molar-refractivity contribution in [2.24, 2.45) is 17.8 Å². The lowest BCUT2D eigenvalue weighted by Gasteiger charge is -2.24. The van der Waals surface area contributed by atoms with Crippen LogP contribution in [0.2, 0.25) is 0 Å². The van der Waals surface area contributed by atoms with Gasteiger partial charge in [0.25, 0.3) is 0 Å². The molecule has 2 heteroatoms. The summed E-state index contributed by atoms with van der Waals surface area (Å²) in [6, 6.07) is 0.323. The summed E-state index contributed by atoms with van der Waals surface area (Å²) < 4.78 is 0. The van der Waals surface area contributed by atoms with Crippen LogP contribution in [0.1, 0.15) is 6.42 Å². The van der Waals surface area contributed by atoms with Crippen LogP contribution in [0.3, 0.4) is 0 Å². The van der Waals surface area contributed by atoms with Crippen molar-refractivity contribution in [1.29, 1.82) is 0 Å². The molecule has 0 aromatic carbocycles. The molecule has 0 aromatic rings. The number of nitrogens with one attached hydrogen (secondary N) is 1. The van der Waals surface area contributed by atoms with Gasteiger partial charge in [0.2, 0.25) is 5.91 Å². The SMILES string of the molecule is O=C1NC2C=CC1/C=C\[C@@H]1C[C@H]21. The molecule has 12 heavy (non-hydrogen) atoms. The van der Waals surface area contributed by atoms with Crippen LogP contribution in [0.15, 0.2) is 24.3 Å². The number of carbonyl (C=O) groups excluding carboxylic acids is 1. The van der Waals surface area contributed by atoms with E-state index in [-0.39, 0.29) is 11.8 Å². The summed E-state index contributed by atoms with van der Waals surface area (Å²) >= 11 is 0. The summed E-state index contributed by atoms with van der Waals surface area (Å²) in [4.78, 5) is 11.4. The van der Waals surface area contributed by atoms with E-state index in [9.17, 15) is 4.79 Å². The lowest BCUT2D eigenvalue weighted by Crippen LogP contribution is -2.42. The molecule has 0 saturated heterocycles. The van der Waals surface area contributed by atoms with Gasteiger partial charge in [0.1, 0.15) is 0 Å². The quantitative estimate of drug-likeness (QED) is 0.525. The second-order valence-electron chi connectivity index (χ2n) is 3.89. The van der Waals surface area contributed by atoms with Crippen molar-refractivity contribution in [3.8, 4) is 0 Å². The first-order valence-electron chi connectivity index (χ1n) is 4.51. The minimum absolute atomic E-state index is 0.00259. The second-order valence-corrected chi connectivity index (χ2v) is 3.89. The first-order valence-corrected chi connectivity index (χ1v) is 4.51. The standard InChI is InChI=1S/C10H11NO/c12-10-6-1-2-7-5-8(7)9(11-10)4-3-6/h1-4,6-9H,5H2,(H,11,12)/b2-1-/t6?,7-,8+,9?/m1/s1. The number of allylic oxidation sites excluding steroid dienone is 1. The van der Waals surface area contributed by atoms with Gasteiger partial charge < -0.3 is 5.32 Å². The van der Waals surface area contributed by atoms with Crippen LogP contribution in [0, 0.1) is 17.8 Å². The van der Waals surface area contributed by atoms with Crippen molar-refractivity contribution >= 4 is 5.91 Å². The van der Waals surface area contributed by atoms with Crippen molar-refractivity contribution in [3.63, 3.8) is 0 Å². The molecule has 2 aliphatic heterocycles. The van der Waals surface area contributed by atoms with Crippen molar-refractivity contribution in [3.05, 3.63) is 24.3 Å². The predicted molar refractivity (Wildman–Crippen MR) is 45.3 cm³/mol. The Hall–Kier alpha value is -1.05. The van der Waals surface area contributed by atoms with E-state index >= 15 is 0 Å². The number of rotatable bonds is 0. The Morgan fingerprint density at radius 2 is 2.08 bits per heavy atom. The van der Waals surface area contributed by atoms with Gasteiger partial charge in [-0.2, -0.15) is 0 Å². The highest BCUT2D eigenvalue weighted by atomic mass is 16.2. The number of hydrogen-bond acceptors (Lipinski definition) is 1. The van der Waals surface area contributed by atoms with Gasteiger partial charge in [0, 0.05) is 0 Å². The van der Waals surface area contributed by atoms with E-state index in [1.807, 2.05) is 12.2 Å². The van der Waals surface area contributed by atoms with Gasteiger partial charge in [-0.15, -0.1) is 0 Å². The minimum atomic E-state index is 0.00259. The van der Waals surface area contributed by atoms with Gasteiger partial charge in [0.15, 0.2) is 0 Å². The number of fused-ring (bicyclic) bond motifs is 1. The summed E-state index contributed by atoms with van der Waals surface area (Å²) in [6.45, 7) is 0. The summed E-state index contributed by atoms with van der Waals surface area (Å²) in [6.07, 6.45) is 9.67. The third kappa shape index (κ3) is 0.779. The molecule has 0 aromatic heterocycles. The molecule has 4 atom stereocenters. The molecule has 62 valence electrons. The van der Waals surface area contributed by atoms with E-state index in [0.717, 1.165) is 5.92 Å². The molecule has 2 aliphatic carbocycles. The van der Waals surface area contributed by atoms with Crippen LogP contribution < -0.4 is 5.32 Å². The van der Waals surface area contributed by atoms with Gasteiger partial charge in [-0.3, -0.25) is 4.79 Å². The van der Waals surface area contributed by atoms with Crippen molar-refractivity contribution < 1.29 is 4.79 Å². The average Bonchev–Trinajstić information content (AvgIpc) is 2.76. The lowest BCUT2D eigenvalue weighted by atomic mass is 9.95. The highest BCUT2D eigenvalue weighted by molar-refractivity contribution is 5.84. The van der Waals surface area contributed by atoms with E-state index in [2.05, 4.69) is 17.5 Å². The molecule has 4 aliphatic rings. The summed E-state index contributed by atoms with van der Waals surface area (Å²) in [5.74, 6) is 1.60. The molecule has 2 nitrogen and oxygen atoms in total. The van der Waals surface area contributed by atoms with Gasteiger partial charge in [-0.1, -0.05) is 24.3 Å². The molecule has 0 spiro atoms. The van der Waals surface area contributed by atoms with Gasteiger partial charge in [0.05, 0.1) is 12.0 Å². The van der Waals surface area contributed by atoms with E-state index in [1.54, 1.807) is 0 Å². The number of amides is 1. The first kappa shape index (κ1) is 6.46. The first-order chi connectivity index (χ1) is 5.84. The van der Waals surface area contributed by atoms with E-state index < -0.39 is 0 Å². The fourth-order valence-corrected chi connectivity index (χ4v) is 2.17. The van der Waals surface area contributed by atoms with Crippen LogP contribution in [-0.4, -0.2) is 11.9 Å². The molecule has 4 rings (SSSR count). The Labute approximate surface area is 71.3 Å². The van der Waals surface area contributed by atoms with Crippen molar-refractivity contribution in [2.75, 3.05) is 0 Å². The van der Waals surface area contributed by atoms with Crippen LogP contribution in [-0.2, 0) is 4.79 Å². The van der Waals surface area contributed by atoms with Crippen LogP contribution in [0.5, 0.6) is 0 Å². The molecule has 1 N–H and O–H groups in total. The Morgan fingerprint density at radius 1 is 1.25 bits per heavy atom. The van der Waals surface area contributed by atoms with E-state index in [1.165, 1.54) is 6.42 Å². The summed E-state index contributed by atoms with van der Waals surface area (Å²) in [7, 11) is 0. The number of carbonyl (C=O) groups is 1. The second kappa shape index (κ2) is 2.00.